The van der Waals surface area contributed by atoms with Gasteiger partial charge in [0.15, 0.2) is 5.82 Å². The number of urea groups is 1. The zero-order chi connectivity index (χ0) is 15.2. The van der Waals surface area contributed by atoms with Crippen LogP contribution in [0.5, 0.6) is 0 Å². The number of carboxylic acid groups (broad SMARTS) is 1. The zero-order valence-electron chi connectivity index (χ0n) is 11.5. The van der Waals surface area contributed by atoms with E-state index in [0.29, 0.717) is 5.82 Å². The maximum atomic E-state index is 11.9. The number of nitrogens with zero attached hydrogens (tertiary/aromatic N) is 2. The van der Waals surface area contributed by atoms with Crippen LogP contribution in [0.4, 0.5) is 10.6 Å². The molecule has 0 spiro atoms. The molecule has 2 amide bonds. The first-order chi connectivity index (χ1) is 10.0. The normalized spacial score (nSPS) is 11.7. The predicted molar refractivity (Wildman–Crippen MR) is 76.8 cm³/mol. The Morgan fingerprint density at radius 3 is 2.57 bits per heavy atom. The Balaban J connectivity index is 2.04. The first-order valence-corrected chi connectivity index (χ1v) is 6.38. The smallest absolute Gasteiger partial charge is 0.320 e. The van der Waals surface area contributed by atoms with Gasteiger partial charge in [-0.15, -0.1) is 0 Å². The van der Waals surface area contributed by atoms with E-state index in [2.05, 4.69) is 15.7 Å². The lowest BCUT2D eigenvalue weighted by molar-refractivity contribution is -0.137. The summed E-state index contributed by atoms with van der Waals surface area (Å²) in [6.07, 6.45) is 1.50. The summed E-state index contributed by atoms with van der Waals surface area (Å²) >= 11 is 0. The molecule has 0 aliphatic rings. The van der Waals surface area contributed by atoms with Crippen LogP contribution >= 0.6 is 0 Å². The second-order valence-electron chi connectivity index (χ2n) is 4.53. The van der Waals surface area contributed by atoms with Gasteiger partial charge >= 0.3 is 12.0 Å². The number of aliphatic carboxylic acids is 1. The molecule has 21 heavy (non-hydrogen) atoms. The van der Waals surface area contributed by atoms with Crippen LogP contribution in [0.25, 0.3) is 0 Å². The minimum Gasteiger partial charge on any atom is -0.481 e. The average molecular weight is 288 g/mol. The molecule has 0 radical (unpaired) electrons. The second kappa shape index (κ2) is 6.56. The van der Waals surface area contributed by atoms with E-state index in [-0.39, 0.29) is 6.42 Å². The maximum absolute atomic E-state index is 11.9. The summed E-state index contributed by atoms with van der Waals surface area (Å²) in [5.74, 6) is -0.584. The summed E-state index contributed by atoms with van der Waals surface area (Å²) in [6.45, 7) is 0. The van der Waals surface area contributed by atoms with E-state index in [1.807, 2.05) is 6.07 Å². The van der Waals surface area contributed by atoms with Crippen molar-refractivity contribution in [2.24, 2.45) is 7.05 Å². The van der Waals surface area contributed by atoms with E-state index in [1.165, 1.54) is 0 Å². The summed E-state index contributed by atoms with van der Waals surface area (Å²) in [5, 5.41) is 18.2. The van der Waals surface area contributed by atoms with Crippen LogP contribution in [0.3, 0.4) is 0 Å². The SMILES string of the molecule is Cn1ccc(NC(=O)NC(CC(=O)O)c2ccccc2)n1. The van der Waals surface area contributed by atoms with Gasteiger partial charge in [-0.2, -0.15) is 5.10 Å². The fourth-order valence-corrected chi connectivity index (χ4v) is 1.90. The summed E-state index contributed by atoms with van der Waals surface area (Å²) in [7, 11) is 1.74. The number of anilines is 1. The number of aromatic nitrogens is 2. The van der Waals surface area contributed by atoms with Gasteiger partial charge in [-0.1, -0.05) is 30.3 Å². The molecule has 0 bridgehead atoms. The molecule has 0 saturated heterocycles. The van der Waals surface area contributed by atoms with Crippen molar-refractivity contribution in [1.82, 2.24) is 15.1 Å². The number of carboxylic acids is 1. The van der Waals surface area contributed by atoms with E-state index in [0.717, 1.165) is 5.56 Å². The first-order valence-electron chi connectivity index (χ1n) is 6.38. The third kappa shape index (κ3) is 4.34. The monoisotopic (exact) mass is 288 g/mol. The minimum absolute atomic E-state index is 0.195. The van der Waals surface area contributed by atoms with Gasteiger partial charge in [0, 0.05) is 19.3 Å². The largest absolute Gasteiger partial charge is 0.481 e. The van der Waals surface area contributed by atoms with E-state index >= 15 is 0 Å². The second-order valence-corrected chi connectivity index (χ2v) is 4.53. The number of aryl methyl sites for hydroxylation is 1. The van der Waals surface area contributed by atoms with Crippen LogP contribution in [0.2, 0.25) is 0 Å². The summed E-state index contributed by atoms with van der Waals surface area (Å²) in [6, 6.07) is 9.51. The molecule has 110 valence electrons. The van der Waals surface area contributed by atoms with Crippen molar-refractivity contribution in [2.45, 2.75) is 12.5 Å². The highest BCUT2D eigenvalue weighted by molar-refractivity contribution is 5.88. The van der Waals surface area contributed by atoms with Gasteiger partial charge in [-0.05, 0) is 5.56 Å². The van der Waals surface area contributed by atoms with Crippen LogP contribution in [0.15, 0.2) is 42.6 Å². The van der Waals surface area contributed by atoms with Gasteiger partial charge in [0.05, 0.1) is 12.5 Å². The lowest BCUT2D eigenvalue weighted by Gasteiger charge is -2.17. The van der Waals surface area contributed by atoms with Crippen molar-refractivity contribution in [3.8, 4) is 0 Å². The zero-order valence-corrected chi connectivity index (χ0v) is 11.5. The fraction of sp³-hybridized carbons (Fsp3) is 0.214. The van der Waals surface area contributed by atoms with Gasteiger partial charge in [0.1, 0.15) is 0 Å². The quantitative estimate of drug-likeness (QED) is 0.781. The fourth-order valence-electron chi connectivity index (χ4n) is 1.90. The molecule has 0 fully saturated rings. The average Bonchev–Trinajstić information content (AvgIpc) is 2.83. The number of benzene rings is 1. The van der Waals surface area contributed by atoms with Crippen molar-refractivity contribution < 1.29 is 14.7 Å². The van der Waals surface area contributed by atoms with E-state index < -0.39 is 18.0 Å². The number of carbonyl (C=O) groups is 2. The molecule has 1 atom stereocenters. The third-order valence-electron chi connectivity index (χ3n) is 2.84. The van der Waals surface area contributed by atoms with Gasteiger partial charge in [0.2, 0.25) is 0 Å². The Labute approximate surface area is 121 Å². The topological polar surface area (TPSA) is 96.2 Å². The van der Waals surface area contributed by atoms with Crippen LogP contribution in [-0.2, 0) is 11.8 Å². The highest BCUT2D eigenvalue weighted by Gasteiger charge is 2.18. The van der Waals surface area contributed by atoms with Gasteiger partial charge in [-0.25, -0.2) is 4.79 Å². The maximum Gasteiger partial charge on any atom is 0.320 e. The van der Waals surface area contributed by atoms with Crippen molar-refractivity contribution in [1.29, 1.82) is 0 Å². The predicted octanol–water partition coefficient (Wildman–Crippen LogP) is 1.76. The van der Waals surface area contributed by atoms with Crippen molar-refractivity contribution in [3.63, 3.8) is 0 Å². The lowest BCUT2D eigenvalue weighted by atomic mass is 10.0. The van der Waals surface area contributed by atoms with Crippen molar-refractivity contribution in [2.75, 3.05) is 5.32 Å². The van der Waals surface area contributed by atoms with E-state index in [1.54, 1.807) is 48.3 Å². The van der Waals surface area contributed by atoms with Gasteiger partial charge in [0.25, 0.3) is 0 Å². The molecule has 7 heteroatoms. The summed E-state index contributed by atoms with van der Waals surface area (Å²) < 4.78 is 1.56. The molecule has 1 aromatic carbocycles. The van der Waals surface area contributed by atoms with Crippen molar-refractivity contribution >= 4 is 17.8 Å². The van der Waals surface area contributed by atoms with Gasteiger partial charge in [-0.3, -0.25) is 14.8 Å². The van der Waals surface area contributed by atoms with Crippen LogP contribution in [0.1, 0.15) is 18.0 Å². The van der Waals surface area contributed by atoms with E-state index in [9.17, 15) is 9.59 Å². The standard InChI is InChI=1S/C14H16N4O3/c1-18-8-7-12(17-18)16-14(21)15-11(9-13(19)20)10-5-3-2-4-6-10/h2-8,11H,9H2,1H3,(H,19,20)(H2,15,16,17,21). The van der Waals surface area contributed by atoms with Crippen LogP contribution in [-0.4, -0.2) is 26.9 Å². The Morgan fingerprint density at radius 2 is 2.00 bits per heavy atom. The highest BCUT2D eigenvalue weighted by Crippen LogP contribution is 2.16. The minimum atomic E-state index is -0.984. The summed E-state index contributed by atoms with van der Waals surface area (Å²) in [4.78, 5) is 22.9. The summed E-state index contributed by atoms with van der Waals surface area (Å²) in [5.41, 5.74) is 0.732. The van der Waals surface area contributed by atoms with Gasteiger partial charge < -0.3 is 10.4 Å². The Kier molecular flexibility index (Phi) is 4.55. The lowest BCUT2D eigenvalue weighted by Crippen LogP contribution is -2.34. The molecular weight excluding hydrogens is 272 g/mol. The number of hydrogen-bond donors (Lipinski definition) is 3. The number of amides is 2. The molecule has 1 heterocycles. The molecule has 2 aromatic rings. The molecule has 3 N–H and O–H groups in total. The number of carbonyl (C=O) groups excluding carboxylic acids is 1. The number of nitrogens with one attached hydrogen (secondary N) is 2. The van der Waals surface area contributed by atoms with Crippen LogP contribution in [0, 0.1) is 0 Å². The number of hydrogen-bond acceptors (Lipinski definition) is 3. The highest BCUT2D eigenvalue weighted by atomic mass is 16.4. The molecule has 2 rings (SSSR count). The Morgan fingerprint density at radius 1 is 1.29 bits per heavy atom. The van der Waals surface area contributed by atoms with Crippen LogP contribution < -0.4 is 10.6 Å². The van der Waals surface area contributed by atoms with E-state index in [4.69, 9.17) is 5.11 Å². The Bertz CT molecular complexity index is 624. The third-order valence-corrected chi connectivity index (χ3v) is 2.84. The molecular formula is C14H16N4O3. The molecule has 0 aliphatic carbocycles. The molecule has 1 aromatic heterocycles. The molecule has 0 saturated carbocycles. The molecule has 0 aliphatic heterocycles. The molecule has 1 unspecified atom stereocenters. The number of rotatable bonds is 5. The Hall–Kier alpha value is -2.83. The first kappa shape index (κ1) is 14.6. The van der Waals surface area contributed by atoms with Crippen molar-refractivity contribution in [3.05, 3.63) is 48.2 Å². The molecule has 7 nitrogen and oxygen atoms in total.